The van der Waals surface area contributed by atoms with Crippen LogP contribution in [0, 0.1) is 0 Å². The molecule has 0 fully saturated rings. The summed E-state index contributed by atoms with van der Waals surface area (Å²) in [5.74, 6) is 1.22. The number of aromatic nitrogens is 1. The molecule has 2 aromatic rings. The minimum Gasteiger partial charge on any atom is -0.493 e. The second kappa shape index (κ2) is 4.77. The van der Waals surface area contributed by atoms with Crippen LogP contribution in [0.1, 0.15) is 5.56 Å². The molecule has 0 unspecified atom stereocenters. The average molecular weight is 254 g/mol. The molecule has 0 atom stereocenters. The molecule has 1 aromatic heterocycles. The molecule has 0 bridgehead atoms. The van der Waals surface area contributed by atoms with E-state index < -0.39 is 0 Å². The molecule has 4 nitrogen and oxygen atoms in total. The first kappa shape index (κ1) is 12.0. The zero-order valence-corrected chi connectivity index (χ0v) is 10.3. The van der Waals surface area contributed by atoms with E-state index in [9.17, 15) is 0 Å². The minimum absolute atomic E-state index is 0.143. The first-order chi connectivity index (χ1) is 8.19. The lowest BCUT2D eigenvalue weighted by Crippen LogP contribution is -1.94. The quantitative estimate of drug-likeness (QED) is 0.854. The van der Waals surface area contributed by atoms with Crippen molar-refractivity contribution in [1.82, 2.24) is 4.98 Å². The number of hydrogen-bond donors (Lipinski definition) is 1. The Labute approximate surface area is 104 Å². The maximum atomic E-state index is 9.12. The summed E-state index contributed by atoms with van der Waals surface area (Å²) in [6, 6.07) is 5.34. The van der Waals surface area contributed by atoms with Gasteiger partial charge in [-0.2, -0.15) is 0 Å². The van der Waals surface area contributed by atoms with Gasteiger partial charge in [0.2, 0.25) is 0 Å². The van der Waals surface area contributed by atoms with E-state index in [-0.39, 0.29) is 6.61 Å². The largest absolute Gasteiger partial charge is 0.493 e. The van der Waals surface area contributed by atoms with Crippen LogP contribution >= 0.6 is 11.6 Å². The molecule has 0 radical (unpaired) electrons. The van der Waals surface area contributed by atoms with Gasteiger partial charge in [-0.3, -0.25) is 0 Å². The summed E-state index contributed by atoms with van der Waals surface area (Å²) in [7, 11) is 3.13. The average Bonchev–Trinajstić information content (AvgIpc) is 2.36. The van der Waals surface area contributed by atoms with Crippen molar-refractivity contribution in [2.45, 2.75) is 6.61 Å². The lowest BCUT2D eigenvalue weighted by Gasteiger charge is -2.10. The number of aliphatic hydroxyl groups is 1. The Morgan fingerprint density at radius 3 is 2.41 bits per heavy atom. The number of halogens is 1. The maximum absolute atomic E-state index is 9.12. The van der Waals surface area contributed by atoms with E-state index >= 15 is 0 Å². The van der Waals surface area contributed by atoms with Gasteiger partial charge in [0.25, 0.3) is 0 Å². The molecular weight excluding hydrogens is 242 g/mol. The molecular formula is C12H12ClNO3. The number of nitrogens with zero attached hydrogens (tertiary/aromatic N) is 1. The topological polar surface area (TPSA) is 51.6 Å². The lowest BCUT2D eigenvalue weighted by atomic mass is 10.1. The van der Waals surface area contributed by atoms with Crippen LogP contribution in [0.15, 0.2) is 18.2 Å². The summed E-state index contributed by atoms with van der Waals surface area (Å²) in [6.07, 6.45) is 0. The fourth-order valence-electron chi connectivity index (χ4n) is 1.63. The van der Waals surface area contributed by atoms with Gasteiger partial charge in [0.05, 0.1) is 26.3 Å². The van der Waals surface area contributed by atoms with Crippen molar-refractivity contribution in [1.29, 1.82) is 0 Å². The molecule has 0 aliphatic carbocycles. The van der Waals surface area contributed by atoms with Crippen LogP contribution < -0.4 is 9.47 Å². The van der Waals surface area contributed by atoms with E-state index in [2.05, 4.69) is 4.98 Å². The Hall–Kier alpha value is -1.52. The van der Waals surface area contributed by atoms with E-state index in [4.69, 9.17) is 26.2 Å². The molecule has 1 heterocycles. The van der Waals surface area contributed by atoms with Crippen molar-refractivity contribution < 1.29 is 14.6 Å². The zero-order valence-electron chi connectivity index (χ0n) is 9.53. The molecule has 17 heavy (non-hydrogen) atoms. The van der Waals surface area contributed by atoms with Crippen molar-refractivity contribution in [3.8, 4) is 11.5 Å². The van der Waals surface area contributed by atoms with Gasteiger partial charge >= 0.3 is 0 Å². The molecule has 2 rings (SSSR count). The molecule has 0 saturated carbocycles. The fraction of sp³-hybridized carbons (Fsp3) is 0.250. The third-order valence-electron chi connectivity index (χ3n) is 2.52. The minimum atomic E-state index is -0.143. The highest BCUT2D eigenvalue weighted by Gasteiger charge is 2.09. The van der Waals surface area contributed by atoms with Crippen LogP contribution in [0.4, 0.5) is 0 Å². The SMILES string of the molecule is COc1cc2cc(CO)c(Cl)nc2cc1OC. The number of fused-ring (bicyclic) bond motifs is 1. The van der Waals surface area contributed by atoms with Gasteiger partial charge < -0.3 is 14.6 Å². The van der Waals surface area contributed by atoms with Gasteiger partial charge in [-0.05, 0) is 12.1 Å². The van der Waals surface area contributed by atoms with Crippen molar-refractivity contribution >= 4 is 22.5 Å². The van der Waals surface area contributed by atoms with Gasteiger partial charge in [0, 0.05) is 17.0 Å². The molecule has 5 heteroatoms. The fourth-order valence-corrected chi connectivity index (χ4v) is 1.84. The Morgan fingerprint density at radius 1 is 1.18 bits per heavy atom. The Morgan fingerprint density at radius 2 is 1.82 bits per heavy atom. The van der Waals surface area contributed by atoms with E-state index in [1.54, 1.807) is 32.4 Å². The first-order valence-electron chi connectivity index (χ1n) is 5.01. The predicted molar refractivity (Wildman–Crippen MR) is 65.8 cm³/mol. The number of methoxy groups -OCH3 is 2. The second-order valence-corrected chi connectivity index (χ2v) is 3.85. The highest BCUT2D eigenvalue weighted by atomic mass is 35.5. The molecule has 1 N–H and O–H groups in total. The highest BCUT2D eigenvalue weighted by molar-refractivity contribution is 6.30. The lowest BCUT2D eigenvalue weighted by molar-refractivity contribution is 0.281. The summed E-state index contributed by atoms with van der Waals surface area (Å²) < 4.78 is 10.4. The van der Waals surface area contributed by atoms with Crippen LogP contribution in [-0.2, 0) is 6.61 Å². The van der Waals surface area contributed by atoms with Crippen molar-refractivity contribution in [2.24, 2.45) is 0 Å². The number of rotatable bonds is 3. The third-order valence-corrected chi connectivity index (χ3v) is 2.84. The van der Waals surface area contributed by atoms with E-state index in [0.29, 0.717) is 27.7 Å². The summed E-state index contributed by atoms with van der Waals surface area (Å²) in [6.45, 7) is -0.143. The monoisotopic (exact) mass is 253 g/mol. The number of ether oxygens (including phenoxy) is 2. The van der Waals surface area contributed by atoms with E-state index in [1.807, 2.05) is 0 Å². The molecule has 90 valence electrons. The first-order valence-corrected chi connectivity index (χ1v) is 5.39. The number of aliphatic hydroxyl groups excluding tert-OH is 1. The van der Waals surface area contributed by atoms with Gasteiger partial charge in [-0.25, -0.2) is 4.98 Å². The maximum Gasteiger partial charge on any atom is 0.162 e. The third kappa shape index (κ3) is 2.14. The molecule has 0 aliphatic heterocycles. The Bertz CT molecular complexity index is 557. The summed E-state index contributed by atoms with van der Waals surface area (Å²) in [5.41, 5.74) is 1.29. The molecule has 1 aromatic carbocycles. The van der Waals surface area contributed by atoms with Crippen LogP contribution in [0.3, 0.4) is 0 Å². The van der Waals surface area contributed by atoms with Gasteiger partial charge in [-0.1, -0.05) is 11.6 Å². The van der Waals surface area contributed by atoms with Gasteiger partial charge in [0.15, 0.2) is 11.5 Å². The van der Waals surface area contributed by atoms with Crippen LogP contribution in [0.2, 0.25) is 5.15 Å². The second-order valence-electron chi connectivity index (χ2n) is 3.50. The van der Waals surface area contributed by atoms with Crippen LogP contribution in [0.25, 0.3) is 10.9 Å². The summed E-state index contributed by atoms with van der Waals surface area (Å²) >= 11 is 5.93. The van der Waals surface area contributed by atoms with Gasteiger partial charge in [-0.15, -0.1) is 0 Å². The number of pyridine rings is 1. The van der Waals surface area contributed by atoms with E-state index in [0.717, 1.165) is 5.39 Å². The Balaban J connectivity index is 2.70. The van der Waals surface area contributed by atoms with Crippen molar-refractivity contribution in [2.75, 3.05) is 14.2 Å². The predicted octanol–water partition coefficient (Wildman–Crippen LogP) is 2.40. The normalized spacial score (nSPS) is 10.6. The van der Waals surface area contributed by atoms with E-state index in [1.165, 1.54) is 0 Å². The number of benzene rings is 1. The summed E-state index contributed by atoms with van der Waals surface area (Å²) in [4.78, 5) is 4.20. The Kier molecular flexibility index (Phi) is 3.36. The highest BCUT2D eigenvalue weighted by Crippen LogP contribution is 2.32. The van der Waals surface area contributed by atoms with Crippen LogP contribution in [-0.4, -0.2) is 24.3 Å². The zero-order chi connectivity index (χ0) is 12.4. The van der Waals surface area contributed by atoms with Crippen molar-refractivity contribution in [3.05, 3.63) is 28.9 Å². The smallest absolute Gasteiger partial charge is 0.162 e. The van der Waals surface area contributed by atoms with Crippen molar-refractivity contribution in [3.63, 3.8) is 0 Å². The summed E-state index contributed by atoms with van der Waals surface area (Å²) in [5, 5.41) is 10.3. The molecule has 0 amide bonds. The van der Waals surface area contributed by atoms with Crippen LogP contribution in [0.5, 0.6) is 11.5 Å². The molecule has 0 spiro atoms. The molecule has 0 saturated heterocycles. The molecule has 0 aliphatic rings. The van der Waals surface area contributed by atoms with Gasteiger partial charge in [0.1, 0.15) is 5.15 Å². The standard InChI is InChI=1S/C12H12ClNO3/c1-16-10-4-7-3-8(6-15)12(13)14-9(7)5-11(10)17-2/h3-5,15H,6H2,1-2H3. The number of hydrogen-bond acceptors (Lipinski definition) is 4.